The van der Waals surface area contributed by atoms with E-state index in [1.54, 1.807) is 6.08 Å². The van der Waals surface area contributed by atoms with Crippen LogP contribution in [0.15, 0.2) is 12.7 Å². The molecule has 0 saturated carbocycles. The second-order valence-corrected chi connectivity index (χ2v) is 15.2. The van der Waals surface area contributed by atoms with Gasteiger partial charge in [0, 0.05) is 0 Å². The molecule has 0 aromatic heterocycles. The Balaban J connectivity index is 3.59. The van der Waals surface area contributed by atoms with Crippen LogP contribution in [-0.2, 0) is 0 Å². The average molecular weight is 189 g/mol. The Bertz CT molecular complexity index is 93.6. The Labute approximate surface area is 60.1 Å². The summed E-state index contributed by atoms with van der Waals surface area (Å²) < 4.78 is 0. The number of rotatable bonds is 3. The molecule has 1 atom stereocenters. The van der Waals surface area contributed by atoms with E-state index < -0.39 is 13.3 Å². The van der Waals surface area contributed by atoms with Gasteiger partial charge in [0.2, 0.25) is 0 Å². The van der Waals surface area contributed by atoms with Gasteiger partial charge in [-0.1, -0.05) is 0 Å². The Kier molecular flexibility index (Phi) is 3.51. The van der Waals surface area contributed by atoms with Crippen molar-refractivity contribution < 1.29 is 5.11 Å². The predicted molar refractivity (Wildman–Crippen MR) is 44.4 cm³/mol. The first kappa shape index (κ1) is 9.24. The van der Waals surface area contributed by atoms with E-state index in [2.05, 4.69) is 23.8 Å². The van der Waals surface area contributed by atoms with Gasteiger partial charge in [-0.05, 0) is 0 Å². The third-order valence-electron chi connectivity index (χ3n) is 1.09. The average Bonchev–Trinajstić information content (AvgIpc) is 1.62. The van der Waals surface area contributed by atoms with E-state index in [-0.39, 0.29) is 6.10 Å². The molecule has 9 heavy (non-hydrogen) atoms. The summed E-state index contributed by atoms with van der Waals surface area (Å²) in [5.74, 6) is 6.85. The number of aliphatic hydroxyl groups is 1. The van der Waals surface area contributed by atoms with Crippen molar-refractivity contribution in [3.8, 4) is 0 Å². The molecule has 1 unspecified atom stereocenters. The molecule has 0 spiro atoms. The van der Waals surface area contributed by atoms with Crippen molar-refractivity contribution in [3.63, 3.8) is 0 Å². The molecule has 1 nitrogen and oxygen atoms in total. The van der Waals surface area contributed by atoms with Crippen LogP contribution in [-0.4, -0.2) is 24.5 Å². The van der Waals surface area contributed by atoms with Gasteiger partial charge in [-0.2, -0.15) is 0 Å². The van der Waals surface area contributed by atoms with Crippen LogP contribution in [0.2, 0.25) is 22.5 Å². The van der Waals surface area contributed by atoms with E-state index >= 15 is 0 Å². The van der Waals surface area contributed by atoms with Crippen LogP contribution < -0.4 is 0 Å². The van der Waals surface area contributed by atoms with E-state index in [0.29, 0.717) is 0 Å². The van der Waals surface area contributed by atoms with Gasteiger partial charge in [-0.15, -0.1) is 0 Å². The minimum absolute atomic E-state index is 0.259. The Morgan fingerprint density at radius 2 is 2.00 bits per heavy atom. The minimum atomic E-state index is -1.51. The zero-order valence-corrected chi connectivity index (χ0v) is 8.61. The Morgan fingerprint density at radius 1 is 1.56 bits per heavy atom. The monoisotopic (exact) mass is 190 g/mol. The van der Waals surface area contributed by atoms with Crippen molar-refractivity contribution in [2.45, 2.75) is 28.6 Å². The summed E-state index contributed by atoms with van der Waals surface area (Å²) in [5, 5.41) is 10.1. The molecule has 0 aliphatic heterocycles. The van der Waals surface area contributed by atoms with Crippen molar-refractivity contribution >= 4 is 13.3 Å². The van der Waals surface area contributed by atoms with Gasteiger partial charge in [-0.3, -0.25) is 0 Å². The van der Waals surface area contributed by atoms with Crippen LogP contribution in [0, 0.1) is 0 Å². The summed E-state index contributed by atoms with van der Waals surface area (Å²) in [5.41, 5.74) is 0. The molecule has 0 saturated heterocycles. The van der Waals surface area contributed by atoms with Crippen molar-refractivity contribution in [1.29, 1.82) is 0 Å². The third kappa shape index (κ3) is 6.12. The van der Waals surface area contributed by atoms with E-state index in [1.807, 2.05) is 0 Å². The molecule has 0 fully saturated rings. The molecule has 2 heteroatoms. The fourth-order valence-corrected chi connectivity index (χ4v) is 3.69. The molecule has 1 N–H and O–H groups in total. The first-order valence-corrected chi connectivity index (χ1v) is 11.0. The first-order valence-electron chi connectivity index (χ1n) is 3.26. The van der Waals surface area contributed by atoms with E-state index in [9.17, 15) is 0 Å². The van der Waals surface area contributed by atoms with Gasteiger partial charge in [0.1, 0.15) is 0 Å². The number of hydrogen-bond donors (Lipinski definition) is 1. The zero-order chi connectivity index (χ0) is 7.49. The van der Waals surface area contributed by atoms with Crippen molar-refractivity contribution in [2.24, 2.45) is 0 Å². The molecule has 0 bridgehead atoms. The van der Waals surface area contributed by atoms with Gasteiger partial charge >= 0.3 is 59.7 Å². The van der Waals surface area contributed by atoms with Gasteiger partial charge in [-0.25, -0.2) is 0 Å². The van der Waals surface area contributed by atoms with Gasteiger partial charge in [0.15, 0.2) is 0 Å². The fraction of sp³-hybridized carbons (Fsp3) is 0.714. The standard InChI is InChI=1S/C7H16GeO/c1-5-7(9)6-8(2,3)4/h5,7,9H,1,6H2,2-4H3. The van der Waals surface area contributed by atoms with Crippen LogP contribution in [0.25, 0.3) is 0 Å². The van der Waals surface area contributed by atoms with Crippen molar-refractivity contribution in [3.05, 3.63) is 12.7 Å². The maximum atomic E-state index is 9.12. The van der Waals surface area contributed by atoms with E-state index in [4.69, 9.17) is 5.11 Å². The Hall–Kier alpha value is 0.243. The molecule has 0 rings (SSSR count). The summed E-state index contributed by atoms with van der Waals surface area (Å²) in [6, 6.07) is 0. The summed E-state index contributed by atoms with van der Waals surface area (Å²) in [4.78, 5) is 0. The van der Waals surface area contributed by atoms with Crippen LogP contribution in [0.3, 0.4) is 0 Å². The summed E-state index contributed by atoms with van der Waals surface area (Å²) in [6.45, 7) is 3.52. The van der Waals surface area contributed by atoms with Gasteiger partial charge in [0.25, 0.3) is 0 Å². The van der Waals surface area contributed by atoms with Gasteiger partial charge in [0.05, 0.1) is 0 Å². The van der Waals surface area contributed by atoms with E-state index in [1.165, 1.54) is 0 Å². The molecule has 0 aliphatic carbocycles. The maximum absolute atomic E-state index is 9.12. The summed E-state index contributed by atoms with van der Waals surface area (Å²) in [7, 11) is 0. The molecular formula is C7H16GeO. The SMILES string of the molecule is C=CC(O)[CH2][Ge]([CH3])([CH3])[CH3]. The first-order chi connectivity index (χ1) is 3.95. The van der Waals surface area contributed by atoms with Gasteiger partial charge < -0.3 is 0 Å². The topological polar surface area (TPSA) is 20.2 Å². The van der Waals surface area contributed by atoms with E-state index in [0.717, 1.165) is 5.25 Å². The zero-order valence-electron chi connectivity index (χ0n) is 6.52. The Morgan fingerprint density at radius 3 is 2.11 bits per heavy atom. The molecule has 0 aliphatic rings. The predicted octanol–water partition coefficient (Wildman–Crippen LogP) is 1.87. The quantitative estimate of drug-likeness (QED) is 0.530. The molecule has 0 heterocycles. The molecule has 54 valence electrons. The summed E-state index contributed by atoms with van der Waals surface area (Å²) >= 11 is -1.51. The van der Waals surface area contributed by atoms with Crippen LogP contribution in [0.5, 0.6) is 0 Å². The fourth-order valence-electron chi connectivity index (χ4n) is 0.711. The van der Waals surface area contributed by atoms with Crippen LogP contribution >= 0.6 is 0 Å². The van der Waals surface area contributed by atoms with Crippen molar-refractivity contribution in [2.75, 3.05) is 0 Å². The number of aliphatic hydroxyl groups excluding tert-OH is 1. The molecule has 0 aromatic carbocycles. The third-order valence-corrected chi connectivity index (χ3v) is 4.54. The second kappa shape index (κ2) is 3.42. The molecule has 0 aromatic rings. The normalized spacial score (nSPS) is 15.1. The van der Waals surface area contributed by atoms with Crippen molar-refractivity contribution in [1.82, 2.24) is 0 Å². The molecular weight excluding hydrogens is 173 g/mol. The number of hydrogen-bond acceptors (Lipinski definition) is 1. The molecule has 0 radical (unpaired) electrons. The summed E-state index contributed by atoms with van der Waals surface area (Å²) in [6.07, 6.45) is 1.36. The second-order valence-electron chi connectivity index (χ2n) is 3.57. The van der Waals surface area contributed by atoms with Crippen LogP contribution in [0.4, 0.5) is 0 Å². The molecule has 0 amide bonds. The van der Waals surface area contributed by atoms with Crippen LogP contribution in [0.1, 0.15) is 0 Å².